The van der Waals surface area contributed by atoms with Gasteiger partial charge in [0.15, 0.2) is 0 Å². The van der Waals surface area contributed by atoms with Crippen molar-refractivity contribution in [2.75, 3.05) is 0 Å². The van der Waals surface area contributed by atoms with Crippen molar-refractivity contribution in [3.8, 4) is 5.75 Å². The molecule has 2 aromatic carbocycles. The van der Waals surface area contributed by atoms with Gasteiger partial charge in [0.05, 0.1) is 0 Å². The topological polar surface area (TPSA) is 9.23 Å². The summed E-state index contributed by atoms with van der Waals surface area (Å²) in [6, 6.07) is 15.9. The highest BCUT2D eigenvalue weighted by Gasteiger charge is 1.98. The maximum absolute atomic E-state index is 5.67. The van der Waals surface area contributed by atoms with Gasteiger partial charge in [-0.1, -0.05) is 46.3 Å². The minimum absolute atomic E-state index is 0.585. The Morgan fingerprint density at radius 2 is 1.81 bits per heavy atom. The van der Waals surface area contributed by atoms with Crippen molar-refractivity contribution < 1.29 is 4.74 Å². The van der Waals surface area contributed by atoms with Crippen molar-refractivity contribution in [2.24, 2.45) is 0 Å². The van der Waals surface area contributed by atoms with Crippen LogP contribution in [0.1, 0.15) is 11.1 Å². The van der Waals surface area contributed by atoms with Crippen LogP contribution in [0.25, 0.3) is 0 Å². The van der Waals surface area contributed by atoms with Gasteiger partial charge in [-0.05, 0) is 36.2 Å². The predicted octanol–water partition coefficient (Wildman–Crippen LogP) is 4.21. The third kappa shape index (κ3) is 2.86. The van der Waals surface area contributed by atoms with Crippen molar-refractivity contribution in [1.29, 1.82) is 0 Å². The minimum Gasteiger partial charge on any atom is -0.489 e. The maximum Gasteiger partial charge on any atom is 0.120 e. The molecule has 0 aliphatic heterocycles. The Kier molecular flexibility index (Phi) is 3.62. The molecule has 0 aliphatic rings. The smallest absolute Gasteiger partial charge is 0.120 e. The normalized spacial score (nSPS) is 10.1. The van der Waals surface area contributed by atoms with Crippen molar-refractivity contribution in [2.45, 2.75) is 6.61 Å². The van der Waals surface area contributed by atoms with E-state index in [4.69, 9.17) is 4.74 Å². The molecule has 0 spiro atoms. The summed E-state index contributed by atoms with van der Waals surface area (Å²) in [4.78, 5) is 0. The van der Waals surface area contributed by atoms with Crippen LogP contribution in [-0.4, -0.2) is 0 Å². The zero-order valence-corrected chi connectivity index (χ0v) is 10.4. The second-order valence-electron chi connectivity index (χ2n) is 3.53. The van der Waals surface area contributed by atoms with Gasteiger partial charge in [0.2, 0.25) is 0 Å². The molecule has 2 aromatic rings. The van der Waals surface area contributed by atoms with E-state index >= 15 is 0 Å². The molecule has 0 aliphatic carbocycles. The number of halogens is 1. The van der Waals surface area contributed by atoms with Crippen molar-refractivity contribution >= 4 is 15.9 Å². The van der Waals surface area contributed by atoms with Gasteiger partial charge < -0.3 is 4.74 Å². The van der Waals surface area contributed by atoms with Gasteiger partial charge in [-0.3, -0.25) is 0 Å². The molecule has 1 radical (unpaired) electrons. The highest BCUT2D eigenvalue weighted by molar-refractivity contribution is 9.10. The predicted molar refractivity (Wildman–Crippen MR) is 69.4 cm³/mol. The molecule has 0 aromatic heterocycles. The lowest BCUT2D eigenvalue weighted by atomic mass is 10.2. The Bertz CT molecular complexity index is 465. The molecule has 0 heterocycles. The SMILES string of the molecule is [CH2]c1cc(OCc2ccccc2)ccc1Br. The molecule has 0 atom stereocenters. The second-order valence-corrected chi connectivity index (χ2v) is 4.38. The Balaban J connectivity index is 2.03. The van der Waals surface area contributed by atoms with Crippen LogP contribution in [-0.2, 0) is 6.61 Å². The fourth-order valence-electron chi connectivity index (χ4n) is 1.38. The van der Waals surface area contributed by atoms with Crippen molar-refractivity contribution in [3.05, 3.63) is 71.1 Å². The summed E-state index contributed by atoms with van der Waals surface area (Å²) in [5, 5.41) is 0. The Morgan fingerprint density at radius 3 is 2.50 bits per heavy atom. The fourth-order valence-corrected chi connectivity index (χ4v) is 1.63. The van der Waals surface area contributed by atoms with Crippen molar-refractivity contribution in [3.63, 3.8) is 0 Å². The molecule has 2 rings (SSSR count). The molecule has 0 saturated carbocycles. The summed E-state index contributed by atoms with van der Waals surface area (Å²) in [6.07, 6.45) is 0. The molecule has 0 amide bonds. The summed E-state index contributed by atoms with van der Waals surface area (Å²) in [6.45, 7) is 4.49. The maximum atomic E-state index is 5.67. The molecule has 0 N–H and O–H groups in total. The summed E-state index contributed by atoms with van der Waals surface area (Å²) in [5.74, 6) is 0.844. The van der Waals surface area contributed by atoms with Crippen LogP contribution in [0.2, 0.25) is 0 Å². The Morgan fingerprint density at radius 1 is 1.06 bits per heavy atom. The molecule has 16 heavy (non-hydrogen) atoms. The van der Waals surface area contributed by atoms with Gasteiger partial charge in [0.1, 0.15) is 12.4 Å². The first-order valence-corrected chi connectivity index (χ1v) is 5.83. The van der Waals surface area contributed by atoms with E-state index in [1.807, 2.05) is 48.5 Å². The number of hydrogen-bond acceptors (Lipinski definition) is 1. The first kappa shape index (κ1) is 11.2. The average Bonchev–Trinajstić information content (AvgIpc) is 2.32. The number of rotatable bonds is 3. The molecule has 1 nitrogen and oxygen atoms in total. The summed E-state index contributed by atoms with van der Waals surface area (Å²) < 4.78 is 6.67. The largest absolute Gasteiger partial charge is 0.489 e. The Hall–Kier alpha value is -1.28. The quantitative estimate of drug-likeness (QED) is 0.816. The summed E-state index contributed by atoms with van der Waals surface area (Å²) in [7, 11) is 0. The minimum atomic E-state index is 0.585. The summed E-state index contributed by atoms with van der Waals surface area (Å²) >= 11 is 3.41. The van der Waals surface area contributed by atoms with Gasteiger partial charge in [0, 0.05) is 4.47 Å². The number of hydrogen-bond donors (Lipinski definition) is 0. The van der Waals surface area contributed by atoms with E-state index in [0.717, 1.165) is 21.3 Å². The second kappa shape index (κ2) is 5.17. The highest BCUT2D eigenvalue weighted by Crippen LogP contribution is 2.22. The van der Waals surface area contributed by atoms with Gasteiger partial charge in [-0.25, -0.2) is 0 Å². The van der Waals surface area contributed by atoms with E-state index in [-0.39, 0.29) is 0 Å². The van der Waals surface area contributed by atoms with E-state index in [0.29, 0.717) is 6.61 Å². The van der Waals surface area contributed by atoms with Crippen LogP contribution in [0.4, 0.5) is 0 Å². The summed E-state index contributed by atoms with van der Waals surface area (Å²) in [5.41, 5.74) is 2.10. The van der Waals surface area contributed by atoms with Gasteiger partial charge >= 0.3 is 0 Å². The standard InChI is InChI=1S/C14H12BrO/c1-11-9-13(7-8-14(11)15)16-10-12-5-3-2-4-6-12/h2-9H,1,10H2. The fraction of sp³-hybridized carbons (Fsp3) is 0.0714. The van der Waals surface area contributed by atoms with Crippen LogP contribution in [0.5, 0.6) is 5.75 Å². The zero-order valence-electron chi connectivity index (χ0n) is 8.82. The van der Waals surface area contributed by atoms with Crippen molar-refractivity contribution in [1.82, 2.24) is 0 Å². The third-order valence-electron chi connectivity index (χ3n) is 2.27. The lowest BCUT2D eigenvalue weighted by Crippen LogP contribution is -1.95. The average molecular weight is 276 g/mol. The Labute approximate surface area is 104 Å². The van der Waals surface area contributed by atoms with E-state index < -0.39 is 0 Å². The molecular weight excluding hydrogens is 264 g/mol. The van der Waals surface area contributed by atoms with E-state index in [2.05, 4.69) is 22.9 Å². The highest BCUT2D eigenvalue weighted by atomic mass is 79.9. The molecular formula is C14H12BrO. The third-order valence-corrected chi connectivity index (χ3v) is 3.04. The van der Waals surface area contributed by atoms with Crippen LogP contribution in [0.15, 0.2) is 53.0 Å². The van der Waals surface area contributed by atoms with E-state index in [9.17, 15) is 0 Å². The molecule has 2 heteroatoms. The molecule has 81 valence electrons. The van der Waals surface area contributed by atoms with Crippen LogP contribution < -0.4 is 4.74 Å². The number of benzene rings is 2. The molecule has 0 unspecified atom stereocenters. The lowest BCUT2D eigenvalue weighted by molar-refractivity contribution is 0.306. The molecule has 0 bridgehead atoms. The zero-order chi connectivity index (χ0) is 11.4. The lowest BCUT2D eigenvalue weighted by Gasteiger charge is -2.07. The molecule has 0 fully saturated rings. The monoisotopic (exact) mass is 275 g/mol. The first-order valence-electron chi connectivity index (χ1n) is 5.04. The van der Waals surface area contributed by atoms with Crippen LogP contribution in [0.3, 0.4) is 0 Å². The van der Waals surface area contributed by atoms with Gasteiger partial charge in [0.25, 0.3) is 0 Å². The molecule has 0 saturated heterocycles. The van der Waals surface area contributed by atoms with Crippen LogP contribution >= 0.6 is 15.9 Å². The van der Waals surface area contributed by atoms with Crippen LogP contribution in [0, 0.1) is 6.92 Å². The van der Waals surface area contributed by atoms with Gasteiger partial charge in [-0.2, -0.15) is 0 Å². The first-order chi connectivity index (χ1) is 7.75. The number of ether oxygens (including phenoxy) is 1. The van der Waals surface area contributed by atoms with E-state index in [1.54, 1.807) is 0 Å². The van der Waals surface area contributed by atoms with Gasteiger partial charge in [-0.15, -0.1) is 0 Å². The van der Waals surface area contributed by atoms with E-state index in [1.165, 1.54) is 0 Å².